The number of amides is 1. The van der Waals surface area contributed by atoms with Crippen molar-refractivity contribution in [3.63, 3.8) is 0 Å². The first kappa shape index (κ1) is 28.4. The summed E-state index contributed by atoms with van der Waals surface area (Å²) in [5.74, 6) is -0.757. The highest BCUT2D eigenvalue weighted by Crippen LogP contribution is 2.33. The second-order valence-corrected chi connectivity index (χ2v) is 12.0. The maximum atomic E-state index is 12.8. The Bertz CT molecular complexity index is 1590. The van der Waals surface area contributed by atoms with Crippen LogP contribution in [0.2, 0.25) is 0 Å². The number of anilines is 3. The lowest BCUT2D eigenvalue weighted by atomic mass is 10.1. The molecule has 0 aliphatic rings. The second-order valence-electron chi connectivity index (χ2n) is 8.38. The number of sulfonamides is 2. The zero-order valence-electron chi connectivity index (χ0n) is 21.0. The number of hydrogen-bond donors (Lipinski definition) is 2. The average molecular weight is 563 g/mol. The number of rotatable bonds is 10. The predicted molar refractivity (Wildman–Crippen MR) is 144 cm³/mol. The van der Waals surface area contributed by atoms with Gasteiger partial charge in [-0.2, -0.15) is 0 Å². The van der Waals surface area contributed by atoms with E-state index in [1.807, 2.05) is 13.0 Å². The first-order chi connectivity index (χ1) is 17.7. The van der Waals surface area contributed by atoms with E-state index in [0.29, 0.717) is 9.99 Å². The van der Waals surface area contributed by atoms with Gasteiger partial charge in [0.25, 0.3) is 15.7 Å². The van der Waals surface area contributed by atoms with Gasteiger partial charge in [0.1, 0.15) is 18.0 Å². The molecule has 0 unspecified atom stereocenters. The van der Waals surface area contributed by atoms with Gasteiger partial charge < -0.3 is 10.1 Å². The maximum absolute atomic E-state index is 12.8. The third-order valence-corrected chi connectivity index (χ3v) is 7.92. The number of nitrogens with one attached hydrogen (secondary N) is 2. The van der Waals surface area contributed by atoms with Gasteiger partial charge in [0, 0.05) is 17.8 Å². The van der Waals surface area contributed by atoms with Gasteiger partial charge in [-0.15, -0.1) is 0 Å². The lowest BCUT2D eigenvalue weighted by Crippen LogP contribution is -2.37. The van der Waals surface area contributed by atoms with Crippen molar-refractivity contribution in [3.8, 4) is 5.75 Å². The topological polar surface area (TPSA) is 165 Å². The summed E-state index contributed by atoms with van der Waals surface area (Å²) in [4.78, 5) is 23.2. The highest BCUT2D eigenvalue weighted by molar-refractivity contribution is 7.92. The van der Waals surface area contributed by atoms with Gasteiger partial charge >= 0.3 is 0 Å². The second kappa shape index (κ2) is 11.1. The van der Waals surface area contributed by atoms with Crippen LogP contribution in [-0.2, 0) is 24.8 Å². The zero-order chi connectivity index (χ0) is 28.3. The molecule has 3 aromatic rings. The minimum Gasteiger partial charge on any atom is -0.495 e. The van der Waals surface area contributed by atoms with E-state index in [9.17, 15) is 31.7 Å². The van der Waals surface area contributed by atoms with E-state index in [0.717, 1.165) is 29.5 Å². The number of aryl methyl sites for hydroxylation is 2. The number of ether oxygens (including phenoxy) is 1. The van der Waals surface area contributed by atoms with Crippen LogP contribution in [0.4, 0.5) is 22.7 Å². The zero-order valence-corrected chi connectivity index (χ0v) is 22.6. The lowest BCUT2D eigenvalue weighted by Gasteiger charge is -2.23. The smallest absolute Gasteiger partial charge is 0.271 e. The summed E-state index contributed by atoms with van der Waals surface area (Å²) < 4.78 is 58.9. The largest absolute Gasteiger partial charge is 0.495 e. The Kier molecular flexibility index (Phi) is 8.27. The number of nitro groups is 1. The summed E-state index contributed by atoms with van der Waals surface area (Å²) in [6, 6.07) is 14.0. The Morgan fingerprint density at radius 3 is 2.24 bits per heavy atom. The van der Waals surface area contributed by atoms with Gasteiger partial charge in [-0.25, -0.2) is 16.8 Å². The third kappa shape index (κ3) is 6.77. The van der Waals surface area contributed by atoms with Crippen molar-refractivity contribution in [2.24, 2.45) is 0 Å². The number of methoxy groups -OCH3 is 1. The highest BCUT2D eigenvalue weighted by Gasteiger charge is 2.26. The molecule has 12 nitrogen and oxygen atoms in total. The van der Waals surface area contributed by atoms with Crippen LogP contribution in [0.1, 0.15) is 11.1 Å². The Balaban J connectivity index is 1.80. The molecule has 0 bridgehead atoms. The molecule has 0 aliphatic carbocycles. The van der Waals surface area contributed by atoms with Crippen LogP contribution in [0.25, 0.3) is 0 Å². The molecule has 3 aromatic carbocycles. The standard InChI is InChI=1S/C24H26N4O8S2/c1-16-5-6-17(2)21(13-16)26-38(34,35)20-10-7-18(8-11-20)25-24(29)15-27(37(4,32)33)22-14-19(28(30)31)9-12-23(22)36-3/h5-14,26H,15H2,1-4H3,(H,25,29). The Hall–Kier alpha value is -4.17. The quantitative estimate of drug-likeness (QED) is 0.280. The molecule has 202 valence electrons. The van der Waals surface area contributed by atoms with Crippen LogP contribution >= 0.6 is 0 Å². The lowest BCUT2D eigenvalue weighted by molar-refractivity contribution is -0.384. The minimum atomic E-state index is -4.06. The van der Waals surface area contributed by atoms with E-state index in [2.05, 4.69) is 10.0 Å². The van der Waals surface area contributed by atoms with Crippen LogP contribution in [0.15, 0.2) is 65.6 Å². The van der Waals surface area contributed by atoms with Crippen molar-refractivity contribution in [1.82, 2.24) is 0 Å². The molecule has 0 aromatic heterocycles. The first-order valence-corrected chi connectivity index (χ1v) is 14.3. The van der Waals surface area contributed by atoms with Crippen molar-refractivity contribution in [3.05, 3.63) is 81.9 Å². The predicted octanol–water partition coefficient (Wildman–Crippen LogP) is 3.43. The summed E-state index contributed by atoms with van der Waals surface area (Å²) in [7, 11) is -6.71. The molecule has 1 amide bonds. The molecule has 14 heteroatoms. The van der Waals surface area contributed by atoms with Crippen LogP contribution < -0.4 is 19.1 Å². The molecule has 3 rings (SSSR count). The van der Waals surface area contributed by atoms with E-state index in [1.54, 1.807) is 19.1 Å². The Morgan fingerprint density at radius 1 is 1.00 bits per heavy atom. The summed E-state index contributed by atoms with van der Waals surface area (Å²) in [6.07, 6.45) is 0.848. The molecule has 0 saturated heterocycles. The normalized spacial score (nSPS) is 11.5. The molecule has 0 aliphatic heterocycles. The minimum absolute atomic E-state index is 0.0136. The van der Waals surface area contributed by atoms with Crippen molar-refractivity contribution in [2.75, 3.05) is 34.3 Å². The number of non-ortho nitro benzene ring substituents is 1. The monoisotopic (exact) mass is 562 g/mol. The third-order valence-electron chi connectivity index (χ3n) is 5.42. The van der Waals surface area contributed by atoms with Gasteiger partial charge in [0.15, 0.2) is 0 Å². The van der Waals surface area contributed by atoms with E-state index in [4.69, 9.17) is 4.74 Å². The summed E-state index contributed by atoms with van der Waals surface area (Å²) in [5, 5.41) is 13.7. The summed E-state index contributed by atoms with van der Waals surface area (Å²) >= 11 is 0. The van der Waals surface area contributed by atoms with Gasteiger partial charge in [-0.1, -0.05) is 12.1 Å². The molecule has 0 spiro atoms. The molecule has 38 heavy (non-hydrogen) atoms. The van der Waals surface area contributed by atoms with E-state index in [1.165, 1.54) is 37.4 Å². The van der Waals surface area contributed by atoms with Gasteiger partial charge in [-0.3, -0.25) is 23.9 Å². The fourth-order valence-corrected chi connectivity index (χ4v) is 5.44. The maximum Gasteiger partial charge on any atom is 0.271 e. The number of nitrogens with zero attached hydrogens (tertiary/aromatic N) is 2. The van der Waals surface area contributed by atoms with Crippen LogP contribution in [0, 0.1) is 24.0 Å². The molecule has 0 fully saturated rings. The van der Waals surface area contributed by atoms with Gasteiger partial charge in [0.2, 0.25) is 15.9 Å². The van der Waals surface area contributed by atoms with Crippen LogP contribution in [0.3, 0.4) is 0 Å². The molecule has 0 saturated carbocycles. The Labute approximate surface area is 220 Å². The average Bonchev–Trinajstić information content (AvgIpc) is 2.84. The number of hydrogen-bond acceptors (Lipinski definition) is 8. The summed E-state index contributed by atoms with van der Waals surface area (Å²) in [6.45, 7) is 2.90. The van der Waals surface area contributed by atoms with E-state index in [-0.39, 0.29) is 27.7 Å². The number of nitro benzene ring substituents is 1. The van der Waals surface area contributed by atoms with E-state index < -0.39 is 37.4 Å². The fourth-order valence-electron chi connectivity index (χ4n) is 3.47. The molecule has 0 radical (unpaired) electrons. The van der Waals surface area contributed by atoms with Crippen LogP contribution in [-0.4, -0.2) is 47.6 Å². The van der Waals surface area contributed by atoms with Gasteiger partial charge in [-0.05, 0) is 61.4 Å². The molecule has 2 N–H and O–H groups in total. The van der Waals surface area contributed by atoms with Crippen molar-refractivity contribution >= 4 is 48.7 Å². The van der Waals surface area contributed by atoms with Crippen molar-refractivity contribution in [1.29, 1.82) is 0 Å². The molecular formula is C24H26N4O8S2. The highest BCUT2D eigenvalue weighted by atomic mass is 32.2. The van der Waals surface area contributed by atoms with Crippen LogP contribution in [0.5, 0.6) is 5.75 Å². The number of benzene rings is 3. The Morgan fingerprint density at radius 2 is 1.66 bits per heavy atom. The molecule has 0 heterocycles. The van der Waals surface area contributed by atoms with E-state index >= 15 is 0 Å². The number of carbonyl (C=O) groups excluding carboxylic acids is 1. The van der Waals surface area contributed by atoms with Gasteiger partial charge in [0.05, 0.1) is 28.9 Å². The van der Waals surface area contributed by atoms with Crippen molar-refractivity contribution in [2.45, 2.75) is 18.7 Å². The number of carbonyl (C=O) groups is 1. The molecule has 0 atom stereocenters. The summed E-state index contributed by atoms with van der Waals surface area (Å²) in [5.41, 5.74) is 1.72. The molecular weight excluding hydrogens is 536 g/mol. The SMILES string of the molecule is COc1ccc([N+](=O)[O-])cc1N(CC(=O)Nc1ccc(S(=O)(=O)Nc2cc(C)ccc2C)cc1)S(C)(=O)=O. The fraction of sp³-hybridized carbons (Fsp3) is 0.208. The van der Waals surface area contributed by atoms with Crippen molar-refractivity contribution < 1.29 is 31.3 Å². The first-order valence-electron chi connectivity index (χ1n) is 11.0.